The second-order valence-electron chi connectivity index (χ2n) is 24.7. The number of anilines is 3. The fraction of sp³-hybridized carbons (Fsp3) is 0.143. The van der Waals surface area contributed by atoms with Crippen LogP contribution < -0.4 is 4.90 Å². The normalized spacial score (nSPS) is 14.8. The van der Waals surface area contributed by atoms with Gasteiger partial charge in [-0.15, -0.1) is 0 Å². The molecule has 3 heteroatoms. The third-order valence-electron chi connectivity index (χ3n) is 19.0. The van der Waals surface area contributed by atoms with E-state index in [9.17, 15) is 0 Å². The van der Waals surface area contributed by atoms with Gasteiger partial charge in [0.25, 0.3) is 0 Å². The van der Waals surface area contributed by atoms with Crippen molar-refractivity contribution in [3.8, 4) is 66.8 Å². The molecule has 0 atom stereocenters. The van der Waals surface area contributed by atoms with Gasteiger partial charge in [-0.3, -0.25) is 0 Å². The van der Waals surface area contributed by atoms with Crippen molar-refractivity contribution in [1.29, 1.82) is 0 Å². The molecule has 2 aromatic heterocycles. The molecule has 384 valence electrons. The highest BCUT2D eigenvalue weighted by molar-refractivity contribution is 6.23. The maximum Gasteiger partial charge on any atom is 0.0618 e. The van der Waals surface area contributed by atoms with Gasteiger partial charge in [-0.2, -0.15) is 0 Å². The van der Waals surface area contributed by atoms with Crippen molar-refractivity contribution in [2.24, 2.45) is 0 Å². The van der Waals surface area contributed by atoms with Crippen LogP contribution in [0.3, 0.4) is 0 Å². The molecule has 0 saturated carbocycles. The molecule has 0 aliphatic heterocycles. The minimum absolute atomic E-state index is 0.219. The summed E-state index contributed by atoms with van der Waals surface area (Å²) < 4.78 is 0. The molecule has 2 N–H and O–H groups in total. The number of para-hydroxylation sites is 3. The maximum absolute atomic E-state index is 4.05. The number of aromatic nitrogens is 2. The van der Waals surface area contributed by atoms with Gasteiger partial charge >= 0.3 is 0 Å². The molecule has 0 spiro atoms. The van der Waals surface area contributed by atoms with Crippen LogP contribution in [-0.4, -0.2) is 9.97 Å². The first-order chi connectivity index (χ1) is 38.8. The summed E-state index contributed by atoms with van der Waals surface area (Å²) in [6.07, 6.45) is 0. The molecule has 0 saturated heterocycles. The predicted molar refractivity (Wildman–Crippen MR) is 338 cm³/mol. The topological polar surface area (TPSA) is 34.8 Å². The summed E-state index contributed by atoms with van der Waals surface area (Å²) in [5, 5.41) is 5.17. The first kappa shape index (κ1) is 46.9. The lowest BCUT2D eigenvalue weighted by atomic mass is 9.72. The molecule has 0 fully saturated rings. The Balaban J connectivity index is 0.971. The zero-order valence-corrected chi connectivity index (χ0v) is 46.7. The molecule has 3 nitrogen and oxygen atoms in total. The van der Waals surface area contributed by atoms with E-state index in [1.165, 1.54) is 149 Å². The zero-order chi connectivity index (χ0) is 54.1. The molecule has 0 amide bonds. The maximum atomic E-state index is 4.05. The number of benzene rings is 11. The van der Waals surface area contributed by atoms with Gasteiger partial charge in [-0.05, 0) is 140 Å². The number of hydrogen-bond donors (Lipinski definition) is 2. The number of nitrogens with one attached hydrogen (secondary N) is 2. The van der Waals surface area contributed by atoms with Gasteiger partial charge in [0.1, 0.15) is 0 Å². The van der Waals surface area contributed by atoms with E-state index in [0.29, 0.717) is 0 Å². The van der Waals surface area contributed by atoms with Crippen LogP contribution in [-0.2, 0) is 16.2 Å². The van der Waals surface area contributed by atoms with Gasteiger partial charge in [-0.25, -0.2) is 0 Å². The Labute approximate surface area is 468 Å². The molecule has 80 heavy (non-hydrogen) atoms. The van der Waals surface area contributed by atoms with E-state index in [4.69, 9.17) is 0 Å². The fourth-order valence-electron chi connectivity index (χ4n) is 15.4. The SMILES string of the molecule is Cc1ccc(-c2cc3c(c4c2[nH]c2ccccc24)-c2ccc(N(c4ccc5c(c4)C(C)(C)c4c6c(c7c([nH]c8ccccc87)c4-5)-c4ccccc4C6(C)C)c4c(-c5ccccc5)cccc4-c4ccccc4)cc2C3(C)C)c(C)c1. The first-order valence-corrected chi connectivity index (χ1v) is 28.5. The predicted octanol–water partition coefficient (Wildman–Crippen LogP) is 21.0. The van der Waals surface area contributed by atoms with Gasteiger partial charge in [0.2, 0.25) is 0 Å². The minimum atomic E-state index is -0.359. The van der Waals surface area contributed by atoms with E-state index in [-0.39, 0.29) is 16.2 Å². The van der Waals surface area contributed by atoms with Gasteiger partial charge in [0.05, 0.1) is 16.7 Å². The molecule has 13 aromatic rings. The standard InChI is InChI=1S/C77H61N3/c1-44-34-37-50(45(2)40-44)58-43-62-65(67-56-27-16-19-32-63(56)78-72(58)67)54-38-35-48(41-60(54)75(62,3)4)80(74-51(46-22-11-9-12-23-46)29-21-30-52(74)47-24-13-10-14-25-47)49-36-39-55-61(42-49)77(7,8)71-69(55)73-68(57-28-17-20-33-64(57)79-73)66-53-26-15-18-31-59(53)76(5,6)70(66)71/h9-43,78-79H,1-8H3. The van der Waals surface area contributed by atoms with E-state index in [1.807, 2.05) is 0 Å². The summed E-state index contributed by atoms with van der Waals surface area (Å²) in [5.41, 5.74) is 33.3. The highest BCUT2D eigenvalue weighted by Gasteiger charge is 2.48. The number of aryl methyl sites for hydroxylation is 2. The number of hydrogen-bond acceptors (Lipinski definition) is 1. The van der Waals surface area contributed by atoms with Crippen LogP contribution in [0.2, 0.25) is 0 Å². The summed E-state index contributed by atoms with van der Waals surface area (Å²) in [5.74, 6) is 0. The number of rotatable bonds is 6. The van der Waals surface area contributed by atoms with E-state index in [2.05, 4.69) is 283 Å². The summed E-state index contributed by atoms with van der Waals surface area (Å²) >= 11 is 0. The summed E-state index contributed by atoms with van der Waals surface area (Å²) in [6.45, 7) is 19.2. The largest absolute Gasteiger partial charge is 0.354 e. The lowest BCUT2D eigenvalue weighted by Gasteiger charge is -2.33. The first-order valence-electron chi connectivity index (χ1n) is 28.5. The molecule has 0 unspecified atom stereocenters. The molecular weight excluding hydrogens is 967 g/mol. The van der Waals surface area contributed by atoms with E-state index in [0.717, 1.165) is 22.6 Å². The lowest BCUT2D eigenvalue weighted by molar-refractivity contribution is 0.602. The van der Waals surface area contributed by atoms with Crippen LogP contribution in [0.4, 0.5) is 17.1 Å². The van der Waals surface area contributed by atoms with E-state index in [1.54, 1.807) is 0 Å². The number of fused-ring (bicyclic) bond motifs is 19. The summed E-state index contributed by atoms with van der Waals surface area (Å²) in [4.78, 5) is 10.6. The molecule has 3 aliphatic carbocycles. The molecule has 3 aliphatic rings. The average Bonchev–Trinajstić information content (AvgIpc) is 4.35. The average molecular weight is 1030 g/mol. The van der Waals surface area contributed by atoms with Crippen molar-refractivity contribution >= 4 is 60.7 Å². The highest BCUT2D eigenvalue weighted by Crippen LogP contribution is 2.64. The zero-order valence-electron chi connectivity index (χ0n) is 46.7. The third-order valence-corrected chi connectivity index (χ3v) is 19.0. The van der Waals surface area contributed by atoms with Crippen molar-refractivity contribution in [2.75, 3.05) is 4.90 Å². The summed E-state index contributed by atoms with van der Waals surface area (Å²) in [7, 11) is 0. The van der Waals surface area contributed by atoms with Gasteiger partial charge < -0.3 is 14.9 Å². The molecule has 16 rings (SSSR count). The smallest absolute Gasteiger partial charge is 0.0618 e. The van der Waals surface area contributed by atoms with Crippen molar-refractivity contribution in [1.82, 2.24) is 9.97 Å². The number of H-pyrrole nitrogens is 2. The van der Waals surface area contributed by atoms with Crippen LogP contribution in [0.5, 0.6) is 0 Å². The fourth-order valence-corrected chi connectivity index (χ4v) is 15.4. The highest BCUT2D eigenvalue weighted by atomic mass is 15.1. The lowest BCUT2D eigenvalue weighted by Crippen LogP contribution is -2.24. The second kappa shape index (κ2) is 16.4. The van der Waals surface area contributed by atoms with Crippen molar-refractivity contribution in [3.63, 3.8) is 0 Å². The van der Waals surface area contributed by atoms with Crippen LogP contribution in [0, 0.1) is 13.8 Å². The Morgan fingerprint density at radius 2 is 0.825 bits per heavy atom. The monoisotopic (exact) mass is 1030 g/mol. The van der Waals surface area contributed by atoms with Crippen molar-refractivity contribution < 1.29 is 0 Å². The van der Waals surface area contributed by atoms with Crippen LogP contribution in [0.15, 0.2) is 212 Å². The summed E-state index contributed by atoms with van der Waals surface area (Å²) in [6, 6.07) is 80.1. The molecule has 11 aromatic carbocycles. The second-order valence-corrected chi connectivity index (χ2v) is 24.7. The Bertz CT molecular complexity index is 4750. The van der Waals surface area contributed by atoms with E-state index >= 15 is 0 Å². The third kappa shape index (κ3) is 6.26. The van der Waals surface area contributed by atoms with Crippen molar-refractivity contribution in [3.05, 3.63) is 257 Å². The van der Waals surface area contributed by atoms with E-state index < -0.39 is 0 Å². The van der Waals surface area contributed by atoms with Gasteiger partial charge in [0.15, 0.2) is 0 Å². The van der Waals surface area contributed by atoms with Crippen LogP contribution in [0.25, 0.3) is 110 Å². The Morgan fingerprint density at radius 3 is 1.46 bits per heavy atom. The van der Waals surface area contributed by atoms with Crippen LogP contribution in [0.1, 0.15) is 86.1 Å². The van der Waals surface area contributed by atoms with Crippen molar-refractivity contribution in [2.45, 2.75) is 71.6 Å². The number of nitrogens with zero attached hydrogens (tertiary/aromatic N) is 1. The van der Waals surface area contributed by atoms with Gasteiger partial charge in [0, 0.05) is 82.5 Å². The molecular formula is C77H61N3. The van der Waals surface area contributed by atoms with Gasteiger partial charge in [-0.1, -0.05) is 217 Å². The van der Waals surface area contributed by atoms with Crippen LogP contribution >= 0.6 is 0 Å². The molecule has 2 heterocycles. The molecule has 0 radical (unpaired) electrons. The minimum Gasteiger partial charge on any atom is -0.354 e. The Hall–Kier alpha value is -9.18. The Morgan fingerprint density at radius 1 is 0.338 bits per heavy atom. The number of aromatic amines is 2. The molecule has 0 bridgehead atoms. The quantitative estimate of drug-likeness (QED) is 0.171. The Kier molecular flexibility index (Phi) is 9.63.